The van der Waals surface area contributed by atoms with Gasteiger partial charge in [0.15, 0.2) is 5.96 Å². The largest absolute Gasteiger partial charge is 0.487 e. The highest BCUT2D eigenvalue weighted by atomic mass is 16.5. The lowest BCUT2D eigenvalue weighted by molar-refractivity contribution is 0.0396. The van der Waals surface area contributed by atoms with Crippen LogP contribution in [0.2, 0.25) is 0 Å². The number of hydrogen-bond acceptors (Lipinski definition) is 3. The first-order chi connectivity index (χ1) is 12.6. The molecule has 26 heavy (non-hydrogen) atoms. The van der Waals surface area contributed by atoms with Crippen molar-refractivity contribution < 1.29 is 9.47 Å². The summed E-state index contributed by atoms with van der Waals surface area (Å²) in [5, 5.41) is 7.05. The molecule has 1 unspecified atom stereocenters. The molecule has 0 radical (unpaired) electrons. The van der Waals surface area contributed by atoms with Crippen LogP contribution in [0.25, 0.3) is 0 Å². The van der Waals surface area contributed by atoms with Crippen LogP contribution in [0, 0.1) is 0 Å². The first-order valence-electron chi connectivity index (χ1n) is 9.99. The van der Waals surface area contributed by atoms with E-state index < -0.39 is 0 Å². The highest BCUT2D eigenvalue weighted by Crippen LogP contribution is 2.46. The number of nitrogens with one attached hydrogen (secondary N) is 2. The molecule has 1 atom stereocenters. The van der Waals surface area contributed by atoms with Crippen LogP contribution in [0.3, 0.4) is 0 Å². The van der Waals surface area contributed by atoms with E-state index in [1.165, 1.54) is 18.4 Å². The number of nitrogens with zero attached hydrogens (tertiary/aromatic N) is 1. The van der Waals surface area contributed by atoms with Gasteiger partial charge in [-0.05, 0) is 52.0 Å². The molecule has 1 heterocycles. The molecule has 2 N–H and O–H groups in total. The van der Waals surface area contributed by atoms with Crippen LogP contribution in [-0.2, 0) is 4.74 Å². The van der Waals surface area contributed by atoms with E-state index in [1.807, 2.05) is 7.05 Å². The predicted molar refractivity (Wildman–Crippen MR) is 106 cm³/mol. The summed E-state index contributed by atoms with van der Waals surface area (Å²) in [5.74, 6) is 1.88. The van der Waals surface area contributed by atoms with Gasteiger partial charge in [0.2, 0.25) is 0 Å². The van der Waals surface area contributed by atoms with Crippen LogP contribution in [0.1, 0.15) is 64.0 Å². The molecule has 1 aliphatic carbocycles. The summed E-state index contributed by atoms with van der Waals surface area (Å²) in [5.41, 5.74) is 1.23. The van der Waals surface area contributed by atoms with Crippen LogP contribution in [-0.4, -0.2) is 37.9 Å². The molecular formula is C21H33N3O2. The number of aliphatic imine (C=N–C) groups is 1. The van der Waals surface area contributed by atoms with Crippen molar-refractivity contribution in [1.82, 2.24) is 10.6 Å². The topological polar surface area (TPSA) is 54.9 Å². The van der Waals surface area contributed by atoms with Crippen LogP contribution in [0.5, 0.6) is 5.75 Å². The van der Waals surface area contributed by atoms with Crippen molar-refractivity contribution in [3.05, 3.63) is 29.8 Å². The van der Waals surface area contributed by atoms with E-state index in [1.54, 1.807) is 0 Å². The first-order valence-corrected chi connectivity index (χ1v) is 9.99. The Bertz CT molecular complexity index is 609. The monoisotopic (exact) mass is 359 g/mol. The van der Waals surface area contributed by atoms with Gasteiger partial charge >= 0.3 is 0 Å². The lowest BCUT2D eigenvalue weighted by Crippen LogP contribution is -2.46. The Kier molecular flexibility index (Phi) is 6.41. The van der Waals surface area contributed by atoms with Gasteiger partial charge in [0, 0.05) is 32.2 Å². The van der Waals surface area contributed by atoms with Crippen molar-refractivity contribution in [2.45, 2.75) is 70.1 Å². The normalized spacial score (nSPS) is 21.5. The maximum Gasteiger partial charge on any atom is 0.191 e. The van der Waals surface area contributed by atoms with Crippen LogP contribution < -0.4 is 15.4 Å². The summed E-state index contributed by atoms with van der Waals surface area (Å²) in [6.07, 6.45) is 7.08. The maximum atomic E-state index is 6.44. The van der Waals surface area contributed by atoms with E-state index >= 15 is 0 Å². The van der Waals surface area contributed by atoms with Crippen LogP contribution in [0.4, 0.5) is 0 Å². The Labute approximate surface area is 157 Å². The maximum absolute atomic E-state index is 6.44. The molecule has 3 rings (SSSR count). The molecule has 1 aromatic carbocycles. The van der Waals surface area contributed by atoms with Gasteiger partial charge in [0.25, 0.3) is 0 Å². The average molecular weight is 360 g/mol. The molecule has 1 fully saturated rings. The second kappa shape index (κ2) is 8.76. The summed E-state index contributed by atoms with van der Waals surface area (Å²) in [7, 11) is 1.83. The van der Waals surface area contributed by atoms with E-state index in [-0.39, 0.29) is 17.7 Å². The number of ether oxygens (including phenoxy) is 2. The second-order valence-corrected chi connectivity index (χ2v) is 7.70. The molecule has 0 saturated heterocycles. The smallest absolute Gasteiger partial charge is 0.191 e. The van der Waals surface area contributed by atoms with E-state index in [0.717, 1.165) is 50.5 Å². The van der Waals surface area contributed by atoms with Crippen molar-refractivity contribution in [2.75, 3.05) is 20.2 Å². The summed E-state index contributed by atoms with van der Waals surface area (Å²) in [6, 6.07) is 8.65. The van der Waals surface area contributed by atoms with Gasteiger partial charge in [0.1, 0.15) is 11.4 Å². The molecule has 0 aromatic heterocycles. The van der Waals surface area contributed by atoms with Gasteiger partial charge in [-0.3, -0.25) is 4.99 Å². The lowest BCUT2D eigenvalue weighted by atomic mass is 9.86. The summed E-state index contributed by atoms with van der Waals surface area (Å²) >= 11 is 0. The van der Waals surface area contributed by atoms with Gasteiger partial charge in [-0.25, -0.2) is 0 Å². The highest BCUT2D eigenvalue weighted by molar-refractivity contribution is 5.80. The van der Waals surface area contributed by atoms with Crippen molar-refractivity contribution in [2.24, 2.45) is 4.99 Å². The molecular weight excluding hydrogens is 326 g/mol. The fourth-order valence-corrected chi connectivity index (χ4v) is 4.03. The van der Waals surface area contributed by atoms with Gasteiger partial charge in [0.05, 0.1) is 12.1 Å². The minimum absolute atomic E-state index is 0.00399. The summed E-state index contributed by atoms with van der Waals surface area (Å²) in [6.45, 7) is 5.75. The van der Waals surface area contributed by atoms with E-state index in [0.29, 0.717) is 0 Å². The Balaban J connectivity index is 1.61. The zero-order chi connectivity index (χ0) is 18.4. The lowest BCUT2D eigenvalue weighted by Gasteiger charge is -2.40. The molecule has 1 saturated carbocycles. The van der Waals surface area contributed by atoms with Crippen molar-refractivity contribution in [3.8, 4) is 5.75 Å². The number of rotatable bonds is 6. The standard InChI is InChI=1S/C21H33N3O2/c1-16(2)25-14-8-13-23-20(22-3)24-18-15-21(11-6-7-12-21)26-19-10-5-4-9-17(18)19/h4-5,9-10,16,18H,6-8,11-15H2,1-3H3,(H2,22,23,24). The molecule has 144 valence electrons. The van der Waals surface area contributed by atoms with Crippen molar-refractivity contribution in [1.29, 1.82) is 0 Å². The van der Waals surface area contributed by atoms with E-state index in [2.05, 4.69) is 53.7 Å². The van der Waals surface area contributed by atoms with Gasteiger partial charge in [-0.15, -0.1) is 0 Å². The predicted octanol–water partition coefficient (Wildman–Crippen LogP) is 3.80. The van der Waals surface area contributed by atoms with Gasteiger partial charge < -0.3 is 20.1 Å². The molecule has 1 aromatic rings. The van der Waals surface area contributed by atoms with Gasteiger partial charge in [-0.2, -0.15) is 0 Å². The average Bonchev–Trinajstić information content (AvgIpc) is 3.07. The first kappa shape index (κ1) is 19.0. The number of benzene rings is 1. The quantitative estimate of drug-likeness (QED) is 0.461. The third-order valence-electron chi connectivity index (χ3n) is 5.31. The highest BCUT2D eigenvalue weighted by Gasteiger charge is 2.43. The van der Waals surface area contributed by atoms with Gasteiger partial charge in [-0.1, -0.05) is 18.2 Å². The minimum Gasteiger partial charge on any atom is -0.487 e. The molecule has 1 aliphatic heterocycles. The zero-order valence-electron chi connectivity index (χ0n) is 16.4. The third kappa shape index (κ3) is 4.70. The van der Waals surface area contributed by atoms with Crippen molar-refractivity contribution in [3.63, 3.8) is 0 Å². The third-order valence-corrected chi connectivity index (χ3v) is 5.31. The summed E-state index contributed by atoms with van der Waals surface area (Å²) < 4.78 is 12.0. The Morgan fingerprint density at radius 2 is 2.08 bits per heavy atom. The number of hydrogen-bond donors (Lipinski definition) is 2. The van der Waals surface area contributed by atoms with Crippen LogP contribution >= 0.6 is 0 Å². The van der Waals surface area contributed by atoms with Crippen molar-refractivity contribution >= 4 is 5.96 Å². The molecule has 5 nitrogen and oxygen atoms in total. The Hall–Kier alpha value is -1.75. The number of guanidine groups is 1. The number of fused-ring (bicyclic) bond motifs is 1. The Morgan fingerprint density at radius 3 is 2.81 bits per heavy atom. The summed E-state index contributed by atoms with van der Waals surface area (Å²) in [4.78, 5) is 4.42. The van der Waals surface area contributed by atoms with E-state index in [9.17, 15) is 0 Å². The zero-order valence-corrected chi connectivity index (χ0v) is 16.4. The fraction of sp³-hybridized carbons (Fsp3) is 0.667. The SMILES string of the molecule is CN=C(NCCCOC(C)C)NC1CC2(CCCC2)Oc2ccccc21. The molecule has 5 heteroatoms. The van der Waals surface area contributed by atoms with E-state index in [4.69, 9.17) is 9.47 Å². The fourth-order valence-electron chi connectivity index (χ4n) is 4.03. The molecule has 0 bridgehead atoms. The molecule has 1 spiro atoms. The molecule has 2 aliphatic rings. The second-order valence-electron chi connectivity index (χ2n) is 7.70. The number of para-hydroxylation sites is 1. The minimum atomic E-state index is -0.00399. The van der Waals surface area contributed by atoms with Crippen LogP contribution in [0.15, 0.2) is 29.3 Å². The molecule has 0 amide bonds. The Morgan fingerprint density at radius 1 is 1.31 bits per heavy atom.